The lowest BCUT2D eigenvalue weighted by atomic mass is 10.2. The van der Waals surface area contributed by atoms with E-state index < -0.39 is 6.04 Å². The maximum atomic E-state index is 12.2. The number of hydrogen-bond donors (Lipinski definition) is 2. The van der Waals surface area contributed by atoms with Gasteiger partial charge in [0.2, 0.25) is 5.91 Å². The number of hydrogen-bond acceptors (Lipinski definition) is 4. The molecule has 0 aliphatic rings. The number of para-hydroxylation sites is 1. The summed E-state index contributed by atoms with van der Waals surface area (Å²) in [6.07, 6.45) is 0. The first-order valence-corrected chi connectivity index (χ1v) is 8.45. The van der Waals surface area contributed by atoms with Crippen molar-refractivity contribution in [3.8, 4) is 0 Å². The number of halogens is 1. The molecule has 5 nitrogen and oxygen atoms in total. The zero-order valence-electron chi connectivity index (χ0n) is 12.7. The van der Waals surface area contributed by atoms with E-state index in [0.29, 0.717) is 15.7 Å². The Bertz CT molecular complexity index is 859. The number of carbonyl (C=O) groups is 2. The highest BCUT2D eigenvalue weighted by Gasteiger charge is 2.18. The molecule has 0 radical (unpaired) electrons. The molecule has 24 heavy (non-hydrogen) atoms. The summed E-state index contributed by atoms with van der Waals surface area (Å²) < 4.78 is 0.991. The number of rotatable bonds is 4. The molecule has 2 N–H and O–H groups in total. The summed E-state index contributed by atoms with van der Waals surface area (Å²) in [5.74, 6) is -0.657. The molecule has 3 aromatic rings. The Balaban J connectivity index is 1.63. The van der Waals surface area contributed by atoms with Crippen molar-refractivity contribution in [3.05, 3.63) is 59.1 Å². The lowest BCUT2D eigenvalue weighted by Gasteiger charge is -2.13. The topological polar surface area (TPSA) is 71.1 Å². The second kappa shape index (κ2) is 6.98. The van der Waals surface area contributed by atoms with Crippen LogP contribution in [0.25, 0.3) is 10.2 Å². The first-order chi connectivity index (χ1) is 11.5. The van der Waals surface area contributed by atoms with E-state index in [1.165, 1.54) is 11.3 Å². The standard InChI is InChI=1S/C17H14ClN3O2S/c1-10(19-16(23)11-6-8-12(18)9-7-11)15(22)21-17-20-13-4-2-3-5-14(13)24-17/h2-10H,1H3,(H,19,23)(H,20,21,22). The van der Waals surface area contributed by atoms with E-state index in [2.05, 4.69) is 15.6 Å². The van der Waals surface area contributed by atoms with Crippen LogP contribution in [0.4, 0.5) is 5.13 Å². The molecule has 122 valence electrons. The van der Waals surface area contributed by atoms with Crippen LogP contribution in [-0.4, -0.2) is 22.8 Å². The summed E-state index contributed by atoms with van der Waals surface area (Å²) in [5.41, 5.74) is 1.27. The molecule has 2 aromatic carbocycles. The summed E-state index contributed by atoms with van der Waals surface area (Å²) in [7, 11) is 0. The van der Waals surface area contributed by atoms with Gasteiger partial charge >= 0.3 is 0 Å². The number of carbonyl (C=O) groups excluding carboxylic acids is 2. The largest absolute Gasteiger partial charge is 0.341 e. The number of nitrogens with one attached hydrogen (secondary N) is 2. The van der Waals surface area contributed by atoms with E-state index in [4.69, 9.17) is 11.6 Å². The molecule has 0 aliphatic carbocycles. The minimum Gasteiger partial charge on any atom is -0.341 e. The Kier molecular flexibility index (Phi) is 4.78. The lowest BCUT2D eigenvalue weighted by molar-refractivity contribution is -0.117. The number of anilines is 1. The number of amides is 2. The first-order valence-electron chi connectivity index (χ1n) is 7.26. The summed E-state index contributed by atoms with van der Waals surface area (Å²) in [6.45, 7) is 1.62. The van der Waals surface area contributed by atoms with Crippen molar-refractivity contribution < 1.29 is 9.59 Å². The average molecular weight is 360 g/mol. The van der Waals surface area contributed by atoms with Gasteiger partial charge in [-0.1, -0.05) is 35.1 Å². The van der Waals surface area contributed by atoms with Crippen LogP contribution in [0.3, 0.4) is 0 Å². The number of aromatic nitrogens is 1. The van der Waals surface area contributed by atoms with Crippen LogP contribution in [0.1, 0.15) is 17.3 Å². The minimum absolute atomic E-state index is 0.323. The predicted molar refractivity (Wildman–Crippen MR) is 96.6 cm³/mol. The van der Waals surface area contributed by atoms with Gasteiger partial charge in [0.1, 0.15) is 6.04 Å². The van der Waals surface area contributed by atoms with Crippen molar-refractivity contribution in [2.75, 3.05) is 5.32 Å². The van der Waals surface area contributed by atoms with Crippen molar-refractivity contribution in [2.24, 2.45) is 0 Å². The van der Waals surface area contributed by atoms with E-state index in [9.17, 15) is 9.59 Å². The normalized spacial score (nSPS) is 11.9. The Morgan fingerprint density at radius 1 is 1.12 bits per heavy atom. The highest BCUT2D eigenvalue weighted by molar-refractivity contribution is 7.22. The third-order valence-corrected chi connectivity index (χ3v) is 4.58. The first kappa shape index (κ1) is 16.4. The third-order valence-electron chi connectivity index (χ3n) is 3.37. The Morgan fingerprint density at radius 2 is 1.83 bits per heavy atom. The molecule has 0 bridgehead atoms. The molecule has 1 atom stereocenters. The van der Waals surface area contributed by atoms with Crippen molar-refractivity contribution in [3.63, 3.8) is 0 Å². The fourth-order valence-electron chi connectivity index (χ4n) is 2.09. The zero-order chi connectivity index (χ0) is 17.1. The van der Waals surface area contributed by atoms with E-state index >= 15 is 0 Å². The SMILES string of the molecule is CC(NC(=O)c1ccc(Cl)cc1)C(=O)Nc1nc2ccccc2s1. The highest BCUT2D eigenvalue weighted by atomic mass is 35.5. The van der Waals surface area contributed by atoms with Crippen molar-refractivity contribution in [1.29, 1.82) is 0 Å². The maximum absolute atomic E-state index is 12.2. The fraction of sp³-hybridized carbons (Fsp3) is 0.118. The second-order valence-electron chi connectivity index (χ2n) is 5.18. The van der Waals surface area contributed by atoms with Crippen molar-refractivity contribution in [1.82, 2.24) is 10.3 Å². The molecule has 2 amide bonds. The van der Waals surface area contributed by atoms with Gasteiger partial charge in [0.15, 0.2) is 5.13 Å². The molecular formula is C17H14ClN3O2S. The second-order valence-corrected chi connectivity index (χ2v) is 6.65. The molecular weight excluding hydrogens is 346 g/mol. The minimum atomic E-state index is -0.694. The molecule has 3 rings (SSSR count). The van der Waals surface area contributed by atoms with Crippen LogP contribution >= 0.6 is 22.9 Å². The van der Waals surface area contributed by atoms with Crippen molar-refractivity contribution in [2.45, 2.75) is 13.0 Å². The van der Waals surface area contributed by atoms with Crippen LogP contribution in [0.15, 0.2) is 48.5 Å². The van der Waals surface area contributed by atoms with Gasteiger partial charge in [0.25, 0.3) is 5.91 Å². The van der Waals surface area contributed by atoms with Crippen LogP contribution < -0.4 is 10.6 Å². The lowest BCUT2D eigenvalue weighted by Crippen LogP contribution is -2.41. The van der Waals surface area contributed by atoms with Gasteiger partial charge in [-0.3, -0.25) is 9.59 Å². The molecule has 7 heteroatoms. The molecule has 0 saturated carbocycles. The van der Waals surface area contributed by atoms with Crippen LogP contribution in [-0.2, 0) is 4.79 Å². The van der Waals surface area contributed by atoms with Gasteiger partial charge in [-0.15, -0.1) is 0 Å². The quantitative estimate of drug-likeness (QED) is 0.746. The average Bonchev–Trinajstić information content (AvgIpc) is 2.97. The summed E-state index contributed by atoms with van der Waals surface area (Å²) in [4.78, 5) is 28.7. The van der Waals surface area contributed by atoms with Crippen LogP contribution in [0.5, 0.6) is 0 Å². The third kappa shape index (κ3) is 3.72. The van der Waals surface area contributed by atoms with Crippen LogP contribution in [0, 0.1) is 0 Å². The Labute approximate surface area is 147 Å². The smallest absolute Gasteiger partial charge is 0.251 e. The van der Waals surface area contributed by atoms with Crippen LogP contribution in [0.2, 0.25) is 5.02 Å². The Hall–Kier alpha value is -2.44. The summed E-state index contributed by atoms with van der Waals surface area (Å²) >= 11 is 7.18. The number of benzene rings is 2. The summed E-state index contributed by atoms with van der Waals surface area (Å²) in [6, 6.07) is 13.4. The maximum Gasteiger partial charge on any atom is 0.251 e. The molecule has 0 aliphatic heterocycles. The molecule has 0 fully saturated rings. The molecule has 0 saturated heterocycles. The van der Waals surface area contributed by atoms with Crippen molar-refractivity contribution >= 4 is 50.1 Å². The fourth-order valence-corrected chi connectivity index (χ4v) is 3.08. The van der Waals surface area contributed by atoms with E-state index in [1.54, 1.807) is 31.2 Å². The van der Waals surface area contributed by atoms with Gasteiger partial charge in [-0.05, 0) is 43.3 Å². The molecule has 1 unspecified atom stereocenters. The number of thiazole rings is 1. The molecule has 1 heterocycles. The number of fused-ring (bicyclic) bond motifs is 1. The summed E-state index contributed by atoms with van der Waals surface area (Å²) in [5, 5.41) is 6.44. The monoisotopic (exact) mass is 359 g/mol. The van der Waals surface area contributed by atoms with E-state index in [1.807, 2.05) is 24.3 Å². The van der Waals surface area contributed by atoms with Gasteiger partial charge < -0.3 is 10.6 Å². The molecule has 1 aromatic heterocycles. The molecule has 0 spiro atoms. The predicted octanol–water partition coefficient (Wildman–Crippen LogP) is 3.71. The Morgan fingerprint density at radius 3 is 2.54 bits per heavy atom. The highest BCUT2D eigenvalue weighted by Crippen LogP contribution is 2.25. The van der Waals surface area contributed by atoms with Gasteiger partial charge in [-0.2, -0.15) is 0 Å². The van der Waals surface area contributed by atoms with Gasteiger partial charge in [0.05, 0.1) is 10.2 Å². The van der Waals surface area contributed by atoms with E-state index in [-0.39, 0.29) is 11.8 Å². The zero-order valence-corrected chi connectivity index (χ0v) is 14.3. The van der Waals surface area contributed by atoms with E-state index in [0.717, 1.165) is 10.2 Å². The number of nitrogens with zero attached hydrogens (tertiary/aromatic N) is 1. The van der Waals surface area contributed by atoms with Gasteiger partial charge in [0, 0.05) is 10.6 Å². The van der Waals surface area contributed by atoms with Gasteiger partial charge in [-0.25, -0.2) is 4.98 Å².